The average Bonchev–Trinajstić information content (AvgIpc) is 2.39. The van der Waals surface area contributed by atoms with Crippen LogP contribution in [0.5, 0.6) is 0 Å². The van der Waals surface area contributed by atoms with Crippen molar-refractivity contribution in [2.24, 2.45) is 5.92 Å². The van der Waals surface area contributed by atoms with Crippen molar-refractivity contribution in [3.8, 4) is 0 Å². The highest BCUT2D eigenvalue weighted by atomic mass is 15.3. The zero-order valence-corrected chi connectivity index (χ0v) is 14.2. The van der Waals surface area contributed by atoms with E-state index in [0.717, 1.165) is 5.92 Å². The maximum Gasteiger partial charge on any atom is 0.0110 e. The van der Waals surface area contributed by atoms with Gasteiger partial charge in [0.25, 0.3) is 0 Å². The van der Waals surface area contributed by atoms with Crippen LogP contribution in [0.2, 0.25) is 0 Å². The molecule has 0 aromatic carbocycles. The van der Waals surface area contributed by atoms with Crippen molar-refractivity contribution >= 4 is 0 Å². The molecule has 2 heteroatoms. The van der Waals surface area contributed by atoms with E-state index in [1.807, 2.05) is 0 Å². The second-order valence-electron chi connectivity index (χ2n) is 6.23. The van der Waals surface area contributed by atoms with Crippen LogP contribution in [-0.2, 0) is 0 Å². The second-order valence-corrected chi connectivity index (χ2v) is 6.23. The lowest BCUT2D eigenvalue weighted by atomic mass is 10.1. The Hall–Kier alpha value is -0.0800. The summed E-state index contributed by atoms with van der Waals surface area (Å²) in [6.45, 7) is 18.9. The van der Waals surface area contributed by atoms with Crippen LogP contribution in [0.15, 0.2) is 0 Å². The first-order valence-corrected chi connectivity index (χ1v) is 8.58. The minimum atomic E-state index is 0.882. The summed E-state index contributed by atoms with van der Waals surface area (Å²) in [6, 6.07) is 0. The van der Waals surface area contributed by atoms with E-state index < -0.39 is 0 Å². The third kappa shape index (κ3) is 11.4. The molecule has 1 heterocycles. The van der Waals surface area contributed by atoms with Crippen molar-refractivity contribution < 1.29 is 0 Å². The first-order chi connectivity index (χ1) is 9.13. The Morgan fingerprint density at radius 2 is 1.32 bits per heavy atom. The minimum Gasteiger partial charge on any atom is -0.301 e. The fourth-order valence-electron chi connectivity index (χ4n) is 2.39. The molecule has 116 valence electrons. The molecule has 0 saturated carbocycles. The Labute approximate surface area is 122 Å². The van der Waals surface area contributed by atoms with Crippen LogP contribution in [0, 0.1) is 5.92 Å². The molecule has 0 spiro atoms. The summed E-state index contributed by atoms with van der Waals surface area (Å²) in [5.74, 6) is 0.882. The monoisotopic (exact) mass is 270 g/mol. The molecular formula is C17H38N2. The summed E-state index contributed by atoms with van der Waals surface area (Å²) >= 11 is 0. The molecule has 0 amide bonds. The van der Waals surface area contributed by atoms with Crippen molar-refractivity contribution in [1.29, 1.82) is 0 Å². The number of unbranched alkanes of at least 4 members (excludes halogenated alkanes) is 2. The Kier molecular flexibility index (Phi) is 12.9. The molecule has 0 aromatic rings. The van der Waals surface area contributed by atoms with Gasteiger partial charge in [0.2, 0.25) is 0 Å². The number of likely N-dealkylation sites (N-methyl/N-ethyl adjacent to an activating group) is 1. The molecule has 0 unspecified atom stereocenters. The summed E-state index contributed by atoms with van der Waals surface area (Å²) in [6.07, 6.45) is 6.90. The van der Waals surface area contributed by atoms with Crippen molar-refractivity contribution in [2.45, 2.75) is 66.7 Å². The van der Waals surface area contributed by atoms with E-state index in [-0.39, 0.29) is 0 Å². The normalized spacial score (nSPS) is 17.4. The highest BCUT2D eigenvalue weighted by molar-refractivity contribution is 4.70. The molecule has 1 aliphatic rings. The SMILES string of the molecule is CCC.CCN1CCN(CCCCCC(C)C)CC1. The summed E-state index contributed by atoms with van der Waals surface area (Å²) in [4.78, 5) is 5.19. The van der Waals surface area contributed by atoms with Crippen LogP contribution in [0.25, 0.3) is 0 Å². The minimum absolute atomic E-state index is 0.882. The third-order valence-corrected chi connectivity index (χ3v) is 3.67. The van der Waals surface area contributed by atoms with E-state index in [9.17, 15) is 0 Å². The van der Waals surface area contributed by atoms with Gasteiger partial charge in [-0.05, 0) is 25.4 Å². The first kappa shape index (κ1) is 18.9. The van der Waals surface area contributed by atoms with Crippen molar-refractivity contribution in [2.75, 3.05) is 39.3 Å². The van der Waals surface area contributed by atoms with Crippen LogP contribution in [0.1, 0.15) is 66.7 Å². The molecule has 1 fully saturated rings. The van der Waals surface area contributed by atoms with Crippen LogP contribution in [-0.4, -0.2) is 49.1 Å². The molecule has 0 radical (unpaired) electrons. The molecule has 1 saturated heterocycles. The summed E-state index contributed by atoms with van der Waals surface area (Å²) in [5.41, 5.74) is 0. The maximum absolute atomic E-state index is 2.64. The van der Waals surface area contributed by atoms with Crippen molar-refractivity contribution in [3.05, 3.63) is 0 Å². The largest absolute Gasteiger partial charge is 0.301 e. The van der Waals surface area contributed by atoms with E-state index in [0.29, 0.717) is 0 Å². The van der Waals surface area contributed by atoms with Crippen LogP contribution < -0.4 is 0 Å². The highest BCUT2D eigenvalue weighted by Gasteiger charge is 2.14. The lowest BCUT2D eigenvalue weighted by Crippen LogP contribution is -2.46. The lowest BCUT2D eigenvalue weighted by molar-refractivity contribution is 0.135. The number of piperazine rings is 1. The highest BCUT2D eigenvalue weighted by Crippen LogP contribution is 2.09. The predicted octanol–water partition coefficient (Wildman–Crippen LogP) is 4.26. The Morgan fingerprint density at radius 1 is 0.789 bits per heavy atom. The van der Waals surface area contributed by atoms with E-state index in [2.05, 4.69) is 44.4 Å². The lowest BCUT2D eigenvalue weighted by Gasteiger charge is -2.34. The topological polar surface area (TPSA) is 6.48 Å². The predicted molar refractivity (Wildman–Crippen MR) is 87.8 cm³/mol. The van der Waals surface area contributed by atoms with Gasteiger partial charge in [-0.1, -0.05) is 60.3 Å². The fraction of sp³-hybridized carbons (Fsp3) is 1.00. The zero-order valence-electron chi connectivity index (χ0n) is 14.2. The molecule has 1 aliphatic heterocycles. The summed E-state index contributed by atoms with van der Waals surface area (Å²) in [5, 5.41) is 0. The molecule has 0 bridgehead atoms. The second kappa shape index (κ2) is 12.9. The van der Waals surface area contributed by atoms with Gasteiger partial charge < -0.3 is 9.80 Å². The molecule has 0 N–H and O–H groups in total. The van der Waals surface area contributed by atoms with E-state index >= 15 is 0 Å². The smallest absolute Gasteiger partial charge is 0.0110 e. The summed E-state index contributed by atoms with van der Waals surface area (Å²) < 4.78 is 0. The number of rotatable bonds is 7. The molecule has 2 nitrogen and oxygen atoms in total. The van der Waals surface area contributed by atoms with E-state index in [1.54, 1.807) is 0 Å². The molecule has 0 atom stereocenters. The number of hydrogen-bond donors (Lipinski definition) is 0. The van der Waals surface area contributed by atoms with Crippen LogP contribution >= 0.6 is 0 Å². The number of hydrogen-bond acceptors (Lipinski definition) is 2. The standard InChI is InChI=1S/C14H30N2.C3H8/c1-4-15-10-12-16(13-11-15)9-7-5-6-8-14(2)3;1-3-2/h14H,4-13H2,1-3H3;3H2,1-2H3. The van der Waals surface area contributed by atoms with Gasteiger partial charge >= 0.3 is 0 Å². The van der Waals surface area contributed by atoms with Gasteiger partial charge in [-0.3, -0.25) is 0 Å². The van der Waals surface area contributed by atoms with E-state index in [1.165, 1.54) is 71.4 Å². The molecular weight excluding hydrogens is 232 g/mol. The first-order valence-electron chi connectivity index (χ1n) is 8.58. The van der Waals surface area contributed by atoms with Crippen molar-refractivity contribution in [1.82, 2.24) is 9.80 Å². The fourth-order valence-corrected chi connectivity index (χ4v) is 2.39. The Balaban J connectivity index is 0.000000982. The van der Waals surface area contributed by atoms with Gasteiger partial charge in [0, 0.05) is 26.2 Å². The Morgan fingerprint density at radius 3 is 1.79 bits per heavy atom. The van der Waals surface area contributed by atoms with Gasteiger partial charge in [-0.25, -0.2) is 0 Å². The van der Waals surface area contributed by atoms with Crippen LogP contribution in [0.3, 0.4) is 0 Å². The third-order valence-electron chi connectivity index (χ3n) is 3.67. The van der Waals surface area contributed by atoms with Gasteiger partial charge in [0.05, 0.1) is 0 Å². The Bertz CT molecular complexity index is 172. The van der Waals surface area contributed by atoms with E-state index in [4.69, 9.17) is 0 Å². The van der Waals surface area contributed by atoms with Crippen molar-refractivity contribution in [3.63, 3.8) is 0 Å². The zero-order chi connectivity index (χ0) is 14.5. The van der Waals surface area contributed by atoms with Gasteiger partial charge in [-0.2, -0.15) is 0 Å². The maximum atomic E-state index is 2.64. The summed E-state index contributed by atoms with van der Waals surface area (Å²) in [7, 11) is 0. The van der Waals surface area contributed by atoms with Crippen LogP contribution in [0.4, 0.5) is 0 Å². The molecule has 1 rings (SSSR count). The molecule has 19 heavy (non-hydrogen) atoms. The van der Waals surface area contributed by atoms with Gasteiger partial charge in [-0.15, -0.1) is 0 Å². The average molecular weight is 271 g/mol. The number of nitrogens with zero attached hydrogens (tertiary/aromatic N) is 2. The molecule has 0 aromatic heterocycles. The van der Waals surface area contributed by atoms with Gasteiger partial charge in [0.1, 0.15) is 0 Å². The quantitative estimate of drug-likeness (QED) is 0.638. The van der Waals surface area contributed by atoms with Gasteiger partial charge in [0.15, 0.2) is 0 Å². The molecule has 0 aliphatic carbocycles.